The average molecular weight is 302 g/mol. The maximum absolute atomic E-state index is 13.6. The molecule has 2 rings (SSSR count). The maximum Gasteiger partial charge on any atom is 0.146 e. The van der Waals surface area contributed by atoms with Gasteiger partial charge in [-0.05, 0) is 30.2 Å². The molecule has 0 radical (unpaired) electrons. The standard InChI is InChI=1S/C14H11Cl2F2N/c1-8-5-12(18)13(6-11(8)17)19-7-9-3-2-4-10(15)14(9)16/h2-6,19H,7H2,1H3. The molecule has 0 unspecified atom stereocenters. The molecule has 0 aliphatic carbocycles. The van der Waals surface area contributed by atoms with Crippen molar-refractivity contribution in [3.05, 3.63) is 63.1 Å². The predicted molar refractivity (Wildman–Crippen MR) is 74.9 cm³/mol. The smallest absolute Gasteiger partial charge is 0.146 e. The summed E-state index contributed by atoms with van der Waals surface area (Å²) in [6.07, 6.45) is 0. The zero-order valence-electron chi connectivity index (χ0n) is 10.1. The van der Waals surface area contributed by atoms with Crippen molar-refractivity contribution in [2.75, 3.05) is 5.32 Å². The second-order valence-corrected chi connectivity index (χ2v) is 4.93. The monoisotopic (exact) mass is 301 g/mol. The van der Waals surface area contributed by atoms with E-state index in [-0.39, 0.29) is 17.8 Å². The van der Waals surface area contributed by atoms with E-state index < -0.39 is 11.6 Å². The van der Waals surface area contributed by atoms with E-state index in [1.54, 1.807) is 18.2 Å². The van der Waals surface area contributed by atoms with Gasteiger partial charge in [0.05, 0.1) is 15.7 Å². The van der Waals surface area contributed by atoms with E-state index in [9.17, 15) is 8.78 Å². The normalized spacial score (nSPS) is 10.6. The van der Waals surface area contributed by atoms with Crippen LogP contribution in [0.3, 0.4) is 0 Å². The second-order valence-electron chi connectivity index (χ2n) is 4.15. The first-order chi connectivity index (χ1) is 8.99. The lowest BCUT2D eigenvalue weighted by Crippen LogP contribution is -2.03. The maximum atomic E-state index is 13.6. The van der Waals surface area contributed by atoms with Crippen LogP contribution in [0.2, 0.25) is 10.0 Å². The average Bonchev–Trinajstić information content (AvgIpc) is 2.37. The van der Waals surface area contributed by atoms with E-state index in [1.165, 1.54) is 6.92 Å². The molecule has 0 saturated heterocycles. The number of halogens is 4. The van der Waals surface area contributed by atoms with Crippen LogP contribution in [0.15, 0.2) is 30.3 Å². The Bertz CT molecular complexity index is 615. The van der Waals surface area contributed by atoms with Crippen molar-refractivity contribution in [3.8, 4) is 0 Å². The Kier molecular flexibility index (Phi) is 4.27. The van der Waals surface area contributed by atoms with Gasteiger partial charge in [0.15, 0.2) is 0 Å². The summed E-state index contributed by atoms with van der Waals surface area (Å²) in [6, 6.07) is 7.46. The van der Waals surface area contributed by atoms with E-state index in [4.69, 9.17) is 23.2 Å². The van der Waals surface area contributed by atoms with Crippen molar-refractivity contribution in [1.29, 1.82) is 0 Å². The fourth-order valence-electron chi connectivity index (χ4n) is 1.66. The van der Waals surface area contributed by atoms with Crippen molar-refractivity contribution in [1.82, 2.24) is 0 Å². The molecule has 0 fully saturated rings. The summed E-state index contributed by atoms with van der Waals surface area (Å²) in [5, 5.41) is 3.64. The van der Waals surface area contributed by atoms with Gasteiger partial charge in [0.1, 0.15) is 11.6 Å². The minimum absolute atomic E-state index is 0.0964. The molecule has 19 heavy (non-hydrogen) atoms. The largest absolute Gasteiger partial charge is 0.378 e. The predicted octanol–water partition coefficient (Wildman–Crippen LogP) is 5.19. The van der Waals surface area contributed by atoms with Gasteiger partial charge in [-0.1, -0.05) is 35.3 Å². The highest BCUT2D eigenvalue weighted by molar-refractivity contribution is 6.42. The lowest BCUT2D eigenvalue weighted by atomic mass is 10.2. The molecule has 0 aromatic heterocycles. The van der Waals surface area contributed by atoms with Crippen LogP contribution in [0.25, 0.3) is 0 Å². The summed E-state index contributed by atoms with van der Waals surface area (Å²) < 4.78 is 27.0. The van der Waals surface area contributed by atoms with Crippen molar-refractivity contribution < 1.29 is 8.78 Å². The first-order valence-electron chi connectivity index (χ1n) is 5.61. The summed E-state index contributed by atoms with van der Waals surface area (Å²) in [7, 11) is 0. The minimum atomic E-state index is -0.503. The van der Waals surface area contributed by atoms with E-state index >= 15 is 0 Å². The molecule has 0 amide bonds. The Labute approximate surface area is 120 Å². The zero-order valence-corrected chi connectivity index (χ0v) is 11.6. The van der Waals surface area contributed by atoms with Gasteiger partial charge in [0.25, 0.3) is 0 Å². The molecular weight excluding hydrogens is 291 g/mol. The van der Waals surface area contributed by atoms with Crippen molar-refractivity contribution in [2.24, 2.45) is 0 Å². The molecule has 2 aromatic rings. The van der Waals surface area contributed by atoms with E-state index in [0.717, 1.165) is 17.7 Å². The fraction of sp³-hybridized carbons (Fsp3) is 0.143. The number of hydrogen-bond donors (Lipinski definition) is 1. The number of rotatable bonds is 3. The summed E-state index contributed by atoms with van der Waals surface area (Å²) >= 11 is 11.9. The lowest BCUT2D eigenvalue weighted by Gasteiger charge is -2.10. The Hall–Kier alpha value is -1.32. The Balaban J connectivity index is 2.19. The SMILES string of the molecule is Cc1cc(F)c(NCc2cccc(Cl)c2Cl)cc1F. The van der Waals surface area contributed by atoms with Gasteiger partial charge in [-0.3, -0.25) is 0 Å². The van der Waals surface area contributed by atoms with E-state index in [0.29, 0.717) is 10.0 Å². The van der Waals surface area contributed by atoms with Crippen LogP contribution in [-0.2, 0) is 6.54 Å². The fourth-order valence-corrected chi connectivity index (χ4v) is 2.04. The molecule has 5 heteroatoms. The molecule has 100 valence electrons. The molecule has 2 aromatic carbocycles. The Morgan fingerprint density at radius 3 is 2.58 bits per heavy atom. The number of benzene rings is 2. The number of aryl methyl sites for hydroxylation is 1. The molecule has 1 N–H and O–H groups in total. The first kappa shape index (κ1) is 14.1. The third-order valence-electron chi connectivity index (χ3n) is 2.75. The van der Waals surface area contributed by atoms with Gasteiger partial charge in [0.2, 0.25) is 0 Å². The van der Waals surface area contributed by atoms with E-state index in [1.807, 2.05) is 0 Å². The van der Waals surface area contributed by atoms with Crippen LogP contribution < -0.4 is 5.32 Å². The molecule has 0 heterocycles. The molecule has 1 nitrogen and oxygen atoms in total. The van der Waals surface area contributed by atoms with Crippen LogP contribution in [0.1, 0.15) is 11.1 Å². The van der Waals surface area contributed by atoms with Gasteiger partial charge < -0.3 is 5.32 Å². The van der Waals surface area contributed by atoms with Gasteiger partial charge >= 0.3 is 0 Å². The number of nitrogens with one attached hydrogen (secondary N) is 1. The number of anilines is 1. The Morgan fingerprint density at radius 1 is 1.11 bits per heavy atom. The second kappa shape index (κ2) is 5.76. The quantitative estimate of drug-likeness (QED) is 0.822. The van der Waals surface area contributed by atoms with Crippen LogP contribution >= 0.6 is 23.2 Å². The molecular formula is C14H11Cl2F2N. The molecule has 0 bridgehead atoms. The van der Waals surface area contributed by atoms with Crippen molar-refractivity contribution in [3.63, 3.8) is 0 Å². The summed E-state index contributed by atoms with van der Waals surface area (Å²) in [4.78, 5) is 0. The molecule has 0 aliphatic heterocycles. The lowest BCUT2D eigenvalue weighted by molar-refractivity contribution is 0.594. The minimum Gasteiger partial charge on any atom is -0.378 e. The number of hydrogen-bond acceptors (Lipinski definition) is 1. The van der Waals surface area contributed by atoms with E-state index in [2.05, 4.69) is 5.32 Å². The zero-order chi connectivity index (χ0) is 14.0. The third-order valence-corrected chi connectivity index (χ3v) is 3.61. The van der Waals surface area contributed by atoms with Crippen LogP contribution in [-0.4, -0.2) is 0 Å². The highest BCUT2D eigenvalue weighted by atomic mass is 35.5. The topological polar surface area (TPSA) is 12.0 Å². The first-order valence-corrected chi connectivity index (χ1v) is 6.37. The van der Waals surface area contributed by atoms with Gasteiger partial charge in [-0.2, -0.15) is 0 Å². The highest BCUT2D eigenvalue weighted by Gasteiger charge is 2.09. The summed E-state index contributed by atoms with van der Waals surface area (Å²) in [5.74, 6) is -0.960. The van der Waals surface area contributed by atoms with Gasteiger partial charge in [-0.15, -0.1) is 0 Å². The van der Waals surface area contributed by atoms with Crippen LogP contribution in [0.4, 0.5) is 14.5 Å². The highest BCUT2D eigenvalue weighted by Crippen LogP contribution is 2.27. The van der Waals surface area contributed by atoms with Gasteiger partial charge in [0, 0.05) is 12.6 Å². The molecule has 0 aliphatic rings. The van der Waals surface area contributed by atoms with Gasteiger partial charge in [-0.25, -0.2) is 8.78 Å². The van der Waals surface area contributed by atoms with Crippen LogP contribution in [0.5, 0.6) is 0 Å². The third kappa shape index (κ3) is 3.17. The Morgan fingerprint density at radius 2 is 1.84 bits per heavy atom. The van der Waals surface area contributed by atoms with Crippen molar-refractivity contribution >= 4 is 28.9 Å². The van der Waals surface area contributed by atoms with Crippen LogP contribution in [0, 0.1) is 18.6 Å². The summed E-state index contributed by atoms with van der Waals surface area (Å²) in [5.41, 5.74) is 1.08. The molecule has 0 atom stereocenters. The van der Waals surface area contributed by atoms with Crippen molar-refractivity contribution in [2.45, 2.75) is 13.5 Å². The summed E-state index contributed by atoms with van der Waals surface area (Å²) in [6.45, 7) is 1.77. The molecule has 0 spiro atoms. The molecule has 0 saturated carbocycles.